The predicted octanol–water partition coefficient (Wildman–Crippen LogP) is 1.93. The molecule has 1 fully saturated rings. The highest BCUT2D eigenvalue weighted by Gasteiger charge is 2.57. The third kappa shape index (κ3) is 1.03. The largest absolute Gasteiger partial charge is 0.390 e. The van der Waals surface area contributed by atoms with Gasteiger partial charge in [-0.05, 0) is 20.3 Å². The van der Waals surface area contributed by atoms with Gasteiger partial charge in [0.15, 0.2) is 0 Å². The Kier molecular flexibility index (Phi) is 1.45. The standard InChI is InChI=1S/C7H13BrO/c1-6(2,9)7(3)4-5(7)8/h5,9H,4H2,1-3H3/t5-,7+/m0/s1. The van der Waals surface area contributed by atoms with Crippen molar-refractivity contribution in [3.05, 3.63) is 0 Å². The molecule has 2 heteroatoms. The van der Waals surface area contributed by atoms with Gasteiger partial charge < -0.3 is 5.11 Å². The first-order valence-electron chi connectivity index (χ1n) is 3.24. The van der Waals surface area contributed by atoms with Crippen molar-refractivity contribution in [3.63, 3.8) is 0 Å². The van der Waals surface area contributed by atoms with Crippen LogP contribution < -0.4 is 0 Å². The Morgan fingerprint density at radius 3 is 2.00 bits per heavy atom. The highest BCUT2D eigenvalue weighted by atomic mass is 79.9. The van der Waals surface area contributed by atoms with E-state index >= 15 is 0 Å². The first kappa shape index (κ1) is 7.55. The second-order valence-corrected chi connectivity index (χ2v) is 4.75. The lowest BCUT2D eigenvalue weighted by Gasteiger charge is -2.25. The van der Waals surface area contributed by atoms with Gasteiger partial charge in [0.05, 0.1) is 5.60 Å². The summed E-state index contributed by atoms with van der Waals surface area (Å²) >= 11 is 3.48. The summed E-state index contributed by atoms with van der Waals surface area (Å²) in [6, 6.07) is 0. The Hall–Kier alpha value is 0.440. The summed E-state index contributed by atoms with van der Waals surface area (Å²) in [6.07, 6.45) is 1.09. The summed E-state index contributed by atoms with van der Waals surface area (Å²) in [7, 11) is 0. The fourth-order valence-corrected chi connectivity index (χ4v) is 2.18. The van der Waals surface area contributed by atoms with E-state index in [0.29, 0.717) is 4.83 Å². The van der Waals surface area contributed by atoms with Gasteiger partial charge in [-0.2, -0.15) is 0 Å². The average Bonchev–Trinajstić information content (AvgIpc) is 2.13. The van der Waals surface area contributed by atoms with Gasteiger partial charge in [0, 0.05) is 10.2 Å². The van der Waals surface area contributed by atoms with Crippen LogP contribution in [0.4, 0.5) is 0 Å². The van der Waals surface area contributed by atoms with Gasteiger partial charge in [-0.15, -0.1) is 0 Å². The average molecular weight is 193 g/mol. The molecule has 1 aliphatic rings. The topological polar surface area (TPSA) is 20.2 Å². The minimum atomic E-state index is -0.527. The number of rotatable bonds is 1. The van der Waals surface area contributed by atoms with Gasteiger partial charge in [-0.1, -0.05) is 22.9 Å². The van der Waals surface area contributed by atoms with Crippen LogP contribution in [-0.4, -0.2) is 15.5 Å². The highest BCUT2D eigenvalue weighted by Crippen LogP contribution is 2.57. The number of hydrogen-bond acceptors (Lipinski definition) is 1. The van der Waals surface area contributed by atoms with Crippen LogP contribution in [0.1, 0.15) is 27.2 Å². The fourth-order valence-electron chi connectivity index (χ4n) is 0.946. The highest BCUT2D eigenvalue weighted by molar-refractivity contribution is 9.09. The van der Waals surface area contributed by atoms with Gasteiger partial charge in [0.25, 0.3) is 0 Å². The zero-order chi connectivity index (χ0) is 7.28. The molecular formula is C7H13BrO. The van der Waals surface area contributed by atoms with Crippen LogP contribution in [0.15, 0.2) is 0 Å². The summed E-state index contributed by atoms with van der Waals surface area (Å²) in [5.41, 5.74) is -0.409. The molecule has 0 unspecified atom stereocenters. The summed E-state index contributed by atoms with van der Waals surface area (Å²) in [4.78, 5) is 0.519. The molecule has 0 bridgehead atoms. The normalized spacial score (nSPS) is 43.0. The van der Waals surface area contributed by atoms with Gasteiger partial charge >= 0.3 is 0 Å². The van der Waals surface area contributed by atoms with E-state index in [1.165, 1.54) is 0 Å². The Morgan fingerprint density at radius 1 is 1.67 bits per heavy atom. The maximum absolute atomic E-state index is 9.56. The van der Waals surface area contributed by atoms with Gasteiger partial charge in [-0.25, -0.2) is 0 Å². The zero-order valence-electron chi connectivity index (χ0n) is 6.11. The molecule has 0 aromatic heterocycles. The Balaban J connectivity index is 2.64. The van der Waals surface area contributed by atoms with Crippen LogP contribution in [0.3, 0.4) is 0 Å². The van der Waals surface area contributed by atoms with Crippen molar-refractivity contribution in [2.75, 3.05) is 0 Å². The van der Waals surface area contributed by atoms with E-state index < -0.39 is 5.60 Å². The van der Waals surface area contributed by atoms with Gasteiger partial charge in [0.1, 0.15) is 0 Å². The van der Waals surface area contributed by atoms with E-state index in [9.17, 15) is 5.11 Å². The molecule has 0 saturated heterocycles. The smallest absolute Gasteiger partial charge is 0.0656 e. The SMILES string of the molecule is CC(C)(O)[C@]1(C)C[C@@H]1Br. The fraction of sp³-hybridized carbons (Fsp3) is 1.00. The van der Waals surface area contributed by atoms with Crippen LogP contribution >= 0.6 is 15.9 Å². The molecule has 2 atom stereocenters. The Bertz CT molecular complexity index is 127. The summed E-state index contributed by atoms with van der Waals surface area (Å²) in [5.74, 6) is 0. The van der Waals surface area contributed by atoms with Crippen molar-refractivity contribution in [1.29, 1.82) is 0 Å². The van der Waals surface area contributed by atoms with E-state index in [1.807, 2.05) is 13.8 Å². The molecule has 0 heterocycles. The monoisotopic (exact) mass is 192 g/mol. The van der Waals surface area contributed by atoms with E-state index in [0.717, 1.165) is 6.42 Å². The molecule has 1 aliphatic carbocycles. The van der Waals surface area contributed by atoms with Crippen LogP contribution in [0.5, 0.6) is 0 Å². The molecule has 0 radical (unpaired) electrons. The van der Waals surface area contributed by atoms with E-state index in [4.69, 9.17) is 0 Å². The number of aliphatic hydroxyl groups is 1. The van der Waals surface area contributed by atoms with Crippen molar-refractivity contribution in [1.82, 2.24) is 0 Å². The molecule has 1 saturated carbocycles. The second kappa shape index (κ2) is 1.73. The van der Waals surface area contributed by atoms with Crippen LogP contribution in [0.25, 0.3) is 0 Å². The number of hydrogen-bond donors (Lipinski definition) is 1. The minimum Gasteiger partial charge on any atom is -0.390 e. The van der Waals surface area contributed by atoms with Gasteiger partial charge in [0.2, 0.25) is 0 Å². The van der Waals surface area contributed by atoms with E-state index in [1.54, 1.807) is 0 Å². The molecule has 1 nitrogen and oxygen atoms in total. The third-order valence-electron chi connectivity index (χ3n) is 2.53. The summed E-state index contributed by atoms with van der Waals surface area (Å²) in [6.45, 7) is 5.84. The minimum absolute atomic E-state index is 0.118. The molecule has 0 aromatic carbocycles. The molecule has 54 valence electrons. The maximum atomic E-state index is 9.56. The van der Waals surface area contributed by atoms with Crippen molar-refractivity contribution < 1.29 is 5.11 Å². The van der Waals surface area contributed by atoms with Crippen molar-refractivity contribution in [2.45, 2.75) is 37.6 Å². The van der Waals surface area contributed by atoms with Gasteiger partial charge in [-0.3, -0.25) is 0 Å². The summed E-state index contributed by atoms with van der Waals surface area (Å²) < 4.78 is 0. The lowest BCUT2D eigenvalue weighted by Crippen LogP contribution is -2.31. The Labute approximate surface area is 64.6 Å². The second-order valence-electron chi connectivity index (χ2n) is 3.65. The van der Waals surface area contributed by atoms with Crippen molar-refractivity contribution >= 4 is 15.9 Å². The van der Waals surface area contributed by atoms with Crippen molar-refractivity contribution in [2.24, 2.45) is 5.41 Å². The van der Waals surface area contributed by atoms with Crippen LogP contribution in [-0.2, 0) is 0 Å². The van der Waals surface area contributed by atoms with Crippen molar-refractivity contribution in [3.8, 4) is 0 Å². The molecule has 1 rings (SSSR count). The quantitative estimate of drug-likeness (QED) is 0.631. The predicted molar refractivity (Wildman–Crippen MR) is 41.7 cm³/mol. The Morgan fingerprint density at radius 2 is 2.00 bits per heavy atom. The van der Waals surface area contributed by atoms with E-state index in [2.05, 4.69) is 22.9 Å². The lowest BCUT2D eigenvalue weighted by molar-refractivity contribution is 0.0124. The molecule has 0 aromatic rings. The lowest BCUT2D eigenvalue weighted by atomic mass is 9.90. The molecule has 1 N–H and O–H groups in total. The van der Waals surface area contributed by atoms with Crippen LogP contribution in [0, 0.1) is 5.41 Å². The molecule has 9 heavy (non-hydrogen) atoms. The zero-order valence-corrected chi connectivity index (χ0v) is 7.70. The summed E-state index contributed by atoms with van der Waals surface area (Å²) in [5, 5.41) is 9.56. The maximum Gasteiger partial charge on any atom is 0.0656 e. The van der Waals surface area contributed by atoms with Crippen LogP contribution in [0.2, 0.25) is 0 Å². The molecule has 0 aliphatic heterocycles. The first-order chi connectivity index (χ1) is 3.88. The number of halogens is 1. The third-order valence-corrected chi connectivity index (χ3v) is 3.87. The number of alkyl halides is 1. The molecule has 0 amide bonds. The molecule has 0 spiro atoms. The van der Waals surface area contributed by atoms with E-state index in [-0.39, 0.29) is 5.41 Å². The first-order valence-corrected chi connectivity index (χ1v) is 4.16. The molecular weight excluding hydrogens is 180 g/mol.